The SMILES string of the molecule is CCOc1ccc(N(CCCC(=O)N(Cc2ccc(Cl)cc2Cl)[C@@H](CC)C(=O)NC2CCCCC2)S(C)(=O)=O)cc1. The number of carbonyl (C=O) groups is 2. The fourth-order valence-electron chi connectivity index (χ4n) is 5.18. The number of amides is 2. The molecular weight excluding hydrogens is 585 g/mol. The summed E-state index contributed by atoms with van der Waals surface area (Å²) in [5, 5.41) is 4.05. The van der Waals surface area contributed by atoms with Crippen LogP contribution in [-0.4, -0.2) is 56.6 Å². The zero-order chi connectivity index (χ0) is 30.0. The fraction of sp³-hybridized carbons (Fsp3) is 0.533. The first-order chi connectivity index (χ1) is 19.5. The summed E-state index contributed by atoms with van der Waals surface area (Å²) in [7, 11) is -3.60. The molecule has 0 saturated heterocycles. The first kappa shape index (κ1) is 33.0. The minimum absolute atomic E-state index is 0.0570. The lowest BCUT2D eigenvalue weighted by Gasteiger charge is -2.33. The van der Waals surface area contributed by atoms with E-state index in [0.29, 0.717) is 40.1 Å². The molecule has 41 heavy (non-hydrogen) atoms. The molecule has 0 bridgehead atoms. The normalized spacial score (nSPS) is 14.8. The molecule has 0 aliphatic heterocycles. The summed E-state index contributed by atoms with van der Waals surface area (Å²) in [6, 6.07) is 11.3. The Kier molecular flexibility index (Phi) is 12.6. The molecule has 2 aromatic rings. The predicted octanol–water partition coefficient (Wildman–Crippen LogP) is 6.19. The highest BCUT2D eigenvalue weighted by atomic mass is 35.5. The molecule has 0 unspecified atom stereocenters. The van der Waals surface area contributed by atoms with E-state index in [1.165, 1.54) is 10.7 Å². The minimum atomic E-state index is -3.60. The average Bonchev–Trinajstić information content (AvgIpc) is 2.92. The van der Waals surface area contributed by atoms with Gasteiger partial charge >= 0.3 is 0 Å². The van der Waals surface area contributed by atoms with Crippen LogP contribution in [0.3, 0.4) is 0 Å². The number of benzene rings is 2. The zero-order valence-electron chi connectivity index (χ0n) is 24.1. The summed E-state index contributed by atoms with van der Waals surface area (Å²) in [5.74, 6) is 0.222. The number of nitrogens with zero attached hydrogens (tertiary/aromatic N) is 2. The van der Waals surface area contributed by atoms with Gasteiger partial charge in [0.15, 0.2) is 0 Å². The minimum Gasteiger partial charge on any atom is -0.494 e. The molecule has 11 heteroatoms. The van der Waals surface area contributed by atoms with E-state index >= 15 is 0 Å². The van der Waals surface area contributed by atoms with Crippen LogP contribution in [0.2, 0.25) is 10.0 Å². The van der Waals surface area contributed by atoms with Crippen molar-refractivity contribution in [2.75, 3.05) is 23.7 Å². The number of nitrogens with one attached hydrogen (secondary N) is 1. The number of rotatable bonds is 14. The first-order valence-electron chi connectivity index (χ1n) is 14.3. The fourth-order valence-corrected chi connectivity index (χ4v) is 6.61. The highest BCUT2D eigenvalue weighted by Crippen LogP contribution is 2.26. The van der Waals surface area contributed by atoms with Crippen LogP contribution in [-0.2, 0) is 26.2 Å². The van der Waals surface area contributed by atoms with Gasteiger partial charge in [-0.3, -0.25) is 13.9 Å². The average molecular weight is 627 g/mol. The van der Waals surface area contributed by atoms with Gasteiger partial charge in [0.05, 0.1) is 18.6 Å². The van der Waals surface area contributed by atoms with Crippen molar-refractivity contribution in [1.82, 2.24) is 10.2 Å². The van der Waals surface area contributed by atoms with Crippen LogP contribution < -0.4 is 14.4 Å². The number of carbonyl (C=O) groups excluding carboxylic acids is 2. The number of hydrogen-bond donors (Lipinski definition) is 1. The van der Waals surface area contributed by atoms with Gasteiger partial charge in [-0.2, -0.15) is 0 Å². The highest BCUT2D eigenvalue weighted by molar-refractivity contribution is 7.92. The Labute approximate surface area is 254 Å². The van der Waals surface area contributed by atoms with Crippen molar-refractivity contribution in [2.24, 2.45) is 0 Å². The molecule has 1 saturated carbocycles. The quantitative estimate of drug-likeness (QED) is 0.270. The lowest BCUT2D eigenvalue weighted by molar-refractivity contribution is -0.141. The van der Waals surface area contributed by atoms with Gasteiger partial charge in [0.25, 0.3) is 0 Å². The standard InChI is InChI=1S/C30H41Cl2N3O5S/c1-4-28(30(37)33-24-10-7-6-8-11-24)34(21-22-13-14-23(31)20-27(22)32)29(36)12-9-19-35(41(3,38)39)25-15-17-26(18-16-25)40-5-2/h13-18,20,24,28H,4-12,19,21H2,1-3H3,(H,33,37)/t28-/m0/s1. The van der Waals surface area contributed by atoms with E-state index in [1.807, 2.05) is 13.8 Å². The number of halogens is 2. The molecule has 8 nitrogen and oxygen atoms in total. The summed E-state index contributed by atoms with van der Waals surface area (Å²) in [5.41, 5.74) is 1.17. The van der Waals surface area contributed by atoms with Crippen LogP contribution in [0.1, 0.15) is 70.8 Å². The molecule has 1 aliphatic rings. The third-order valence-corrected chi connectivity index (χ3v) is 9.06. The van der Waals surface area contributed by atoms with Gasteiger partial charge in [0, 0.05) is 35.6 Å². The van der Waals surface area contributed by atoms with Crippen molar-refractivity contribution in [3.63, 3.8) is 0 Å². The van der Waals surface area contributed by atoms with Crippen molar-refractivity contribution in [1.29, 1.82) is 0 Å². The molecule has 0 aromatic heterocycles. The maximum absolute atomic E-state index is 13.7. The number of ether oxygens (including phenoxy) is 1. The molecule has 226 valence electrons. The van der Waals surface area contributed by atoms with Crippen LogP contribution in [0.5, 0.6) is 5.75 Å². The smallest absolute Gasteiger partial charge is 0.243 e. The van der Waals surface area contributed by atoms with Gasteiger partial charge in [0.1, 0.15) is 11.8 Å². The molecule has 1 fully saturated rings. The van der Waals surface area contributed by atoms with Gasteiger partial charge in [-0.1, -0.05) is 55.5 Å². The third kappa shape index (κ3) is 9.79. The van der Waals surface area contributed by atoms with Crippen molar-refractivity contribution in [3.05, 3.63) is 58.1 Å². The maximum Gasteiger partial charge on any atom is 0.243 e. The van der Waals surface area contributed by atoms with Gasteiger partial charge in [-0.05, 0) is 74.6 Å². The van der Waals surface area contributed by atoms with Crippen molar-refractivity contribution in [2.45, 2.75) is 83.8 Å². The molecular formula is C30H41Cl2N3O5S. The van der Waals surface area contributed by atoms with Crippen LogP contribution in [0.25, 0.3) is 0 Å². The second-order valence-electron chi connectivity index (χ2n) is 10.4. The summed E-state index contributed by atoms with van der Waals surface area (Å²) < 4.78 is 32.0. The predicted molar refractivity (Wildman–Crippen MR) is 165 cm³/mol. The Balaban J connectivity index is 1.77. The molecule has 0 heterocycles. The largest absolute Gasteiger partial charge is 0.494 e. The van der Waals surface area contributed by atoms with E-state index in [-0.39, 0.29) is 43.8 Å². The summed E-state index contributed by atoms with van der Waals surface area (Å²) in [4.78, 5) is 28.7. The molecule has 0 spiro atoms. The van der Waals surface area contributed by atoms with Crippen LogP contribution in [0.15, 0.2) is 42.5 Å². The van der Waals surface area contributed by atoms with E-state index in [9.17, 15) is 18.0 Å². The third-order valence-electron chi connectivity index (χ3n) is 7.28. The Bertz CT molecular complexity index is 1270. The van der Waals surface area contributed by atoms with Crippen LogP contribution >= 0.6 is 23.2 Å². The highest BCUT2D eigenvalue weighted by Gasteiger charge is 2.31. The summed E-state index contributed by atoms with van der Waals surface area (Å²) in [6.07, 6.45) is 7.10. The molecule has 1 aliphatic carbocycles. The van der Waals surface area contributed by atoms with Crippen molar-refractivity contribution < 1.29 is 22.7 Å². The topological polar surface area (TPSA) is 96.0 Å². The van der Waals surface area contributed by atoms with Crippen LogP contribution in [0, 0.1) is 0 Å². The van der Waals surface area contributed by atoms with Gasteiger partial charge in [-0.15, -0.1) is 0 Å². The molecule has 1 atom stereocenters. The number of hydrogen-bond acceptors (Lipinski definition) is 5. The molecule has 2 amide bonds. The molecule has 2 aromatic carbocycles. The maximum atomic E-state index is 13.7. The summed E-state index contributed by atoms with van der Waals surface area (Å²) >= 11 is 12.5. The van der Waals surface area contributed by atoms with Gasteiger partial charge in [-0.25, -0.2) is 8.42 Å². The van der Waals surface area contributed by atoms with Gasteiger partial charge < -0.3 is 15.0 Å². The molecule has 0 radical (unpaired) electrons. The summed E-state index contributed by atoms with van der Waals surface area (Å²) in [6.45, 7) is 4.51. The molecule has 3 rings (SSSR count). The van der Waals surface area contributed by atoms with E-state index in [4.69, 9.17) is 27.9 Å². The Hall–Kier alpha value is -2.49. The van der Waals surface area contributed by atoms with Gasteiger partial charge in [0.2, 0.25) is 21.8 Å². The second kappa shape index (κ2) is 15.7. The van der Waals surface area contributed by atoms with E-state index < -0.39 is 16.1 Å². The Morgan fingerprint density at radius 3 is 2.32 bits per heavy atom. The van der Waals surface area contributed by atoms with Crippen LogP contribution in [0.4, 0.5) is 5.69 Å². The second-order valence-corrected chi connectivity index (χ2v) is 13.1. The van der Waals surface area contributed by atoms with E-state index in [1.54, 1.807) is 47.4 Å². The zero-order valence-corrected chi connectivity index (χ0v) is 26.4. The van der Waals surface area contributed by atoms with Crippen molar-refractivity contribution >= 4 is 50.7 Å². The lowest BCUT2D eigenvalue weighted by atomic mass is 9.95. The Morgan fingerprint density at radius 1 is 1.05 bits per heavy atom. The molecule has 1 N–H and O–H groups in total. The monoisotopic (exact) mass is 625 g/mol. The lowest BCUT2D eigenvalue weighted by Crippen LogP contribution is -2.51. The first-order valence-corrected chi connectivity index (χ1v) is 16.9. The number of anilines is 1. The van der Waals surface area contributed by atoms with E-state index in [0.717, 1.165) is 31.9 Å². The Morgan fingerprint density at radius 2 is 1.73 bits per heavy atom. The van der Waals surface area contributed by atoms with Crippen molar-refractivity contribution in [3.8, 4) is 5.75 Å². The number of sulfonamides is 1. The van der Waals surface area contributed by atoms with E-state index in [2.05, 4.69) is 5.32 Å².